The van der Waals surface area contributed by atoms with E-state index in [0.717, 1.165) is 30.0 Å². The molecule has 2 N–H and O–H groups in total. The Morgan fingerprint density at radius 3 is 2.23 bits per heavy atom. The molecule has 0 saturated carbocycles. The van der Waals surface area contributed by atoms with Crippen LogP contribution in [-0.2, 0) is 17.6 Å². The van der Waals surface area contributed by atoms with Crippen molar-refractivity contribution in [3.8, 4) is 0 Å². The van der Waals surface area contributed by atoms with Gasteiger partial charge >= 0.3 is 0 Å². The van der Waals surface area contributed by atoms with Gasteiger partial charge in [-0.1, -0.05) is 39.0 Å². The van der Waals surface area contributed by atoms with Crippen molar-refractivity contribution >= 4 is 23.1 Å². The Balaban J connectivity index is 2.19. The summed E-state index contributed by atoms with van der Waals surface area (Å²) in [6.07, 6.45) is 4.08. The van der Waals surface area contributed by atoms with Crippen LogP contribution in [-0.4, -0.2) is 10.9 Å². The SMILES string of the molecule is CCC(=O)Nc1ccc(Nc2c(CC)cccc2CC)nc1. The summed E-state index contributed by atoms with van der Waals surface area (Å²) >= 11 is 0. The van der Waals surface area contributed by atoms with Crippen LogP contribution >= 0.6 is 0 Å². The largest absolute Gasteiger partial charge is 0.340 e. The summed E-state index contributed by atoms with van der Waals surface area (Å²) in [6.45, 7) is 6.13. The molecule has 0 aliphatic heterocycles. The van der Waals surface area contributed by atoms with Crippen LogP contribution in [0.1, 0.15) is 38.3 Å². The minimum atomic E-state index is -0.00731. The first-order chi connectivity index (χ1) is 10.7. The number of nitrogens with zero attached hydrogens (tertiary/aromatic N) is 1. The van der Waals surface area contributed by atoms with Crippen molar-refractivity contribution in [1.82, 2.24) is 4.98 Å². The van der Waals surface area contributed by atoms with Crippen LogP contribution in [0.5, 0.6) is 0 Å². The average Bonchev–Trinajstić information content (AvgIpc) is 2.56. The number of aromatic nitrogens is 1. The number of rotatable bonds is 6. The molecule has 0 spiro atoms. The molecule has 1 aromatic heterocycles. The van der Waals surface area contributed by atoms with Crippen molar-refractivity contribution in [2.75, 3.05) is 10.6 Å². The molecular weight excluding hydrogens is 274 g/mol. The lowest BCUT2D eigenvalue weighted by atomic mass is 10.0. The lowest BCUT2D eigenvalue weighted by Crippen LogP contribution is -2.09. The molecule has 116 valence electrons. The molecule has 2 aromatic rings. The van der Waals surface area contributed by atoms with Gasteiger partial charge in [-0.25, -0.2) is 4.98 Å². The Kier molecular flexibility index (Phi) is 5.53. The predicted octanol–water partition coefficient (Wildman–Crippen LogP) is 4.30. The molecule has 4 heteroatoms. The van der Waals surface area contributed by atoms with Gasteiger partial charge < -0.3 is 10.6 Å². The second-order valence-corrected chi connectivity index (χ2v) is 5.12. The lowest BCUT2D eigenvalue weighted by Gasteiger charge is -2.15. The van der Waals surface area contributed by atoms with Crippen LogP contribution in [0.3, 0.4) is 0 Å². The Labute approximate surface area is 132 Å². The maximum Gasteiger partial charge on any atom is 0.224 e. The number of amides is 1. The standard InChI is InChI=1S/C18H23N3O/c1-4-13-8-7-9-14(5-2)18(13)21-16-11-10-15(12-19-16)20-17(22)6-3/h7-12H,4-6H2,1-3H3,(H,19,21)(H,20,22). The molecule has 0 aliphatic rings. The maximum atomic E-state index is 11.4. The van der Waals surface area contributed by atoms with E-state index in [4.69, 9.17) is 0 Å². The molecule has 1 aromatic carbocycles. The van der Waals surface area contributed by atoms with Crippen LogP contribution in [0, 0.1) is 0 Å². The molecule has 0 aliphatic carbocycles. The van der Waals surface area contributed by atoms with Gasteiger partial charge in [-0.05, 0) is 36.1 Å². The first kappa shape index (κ1) is 16.0. The number of carbonyl (C=O) groups is 1. The number of aryl methyl sites for hydroxylation is 2. The molecular formula is C18H23N3O. The normalized spacial score (nSPS) is 10.3. The Hall–Kier alpha value is -2.36. The molecule has 0 saturated heterocycles. The summed E-state index contributed by atoms with van der Waals surface area (Å²) in [4.78, 5) is 15.8. The van der Waals surface area contributed by atoms with Crippen molar-refractivity contribution < 1.29 is 4.79 Å². The van der Waals surface area contributed by atoms with E-state index >= 15 is 0 Å². The van der Waals surface area contributed by atoms with E-state index in [-0.39, 0.29) is 5.91 Å². The number of nitrogens with one attached hydrogen (secondary N) is 2. The van der Waals surface area contributed by atoms with Gasteiger partial charge in [-0.3, -0.25) is 4.79 Å². The van der Waals surface area contributed by atoms with Crippen LogP contribution < -0.4 is 10.6 Å². The summed E-state index contributed by atoms with van der Waals surface area (Å²) in [6, 6.07) is 10.1. The minimum absolute atomic E-state index is 0.00731. The van der Waals surface area contributed by atoms with E-state index in [1.54, 1.807) is 6.20 Å². The summed E-state index contributed by atoms with van der Waals surface area (Å²) < 4.78 is 0. The van der Waals surface area contributed by atoms with E-state index in [1.807, 2.05) is 19.1 Å². The highest BCUT2D eigenvalue weighted by atomic mass is 16.1. The average molecular weight is 297 g/mol. The molecule has 0 fully saturated rings. The summed E-state index contributed by atoms with van der Waals surface area (Å²) in [5.74, 6) is 0.775. The summed E-state index contributed by atoms with van der Waals surface area (Å²) in [5, 5.41) is 6.21. The van der Waals surface area contributed by atoms with Crippen molar-refractivity contribution in [2.45, 2.75) is 40.0 Å². The zero-order valence-electron chi connectivity index (χ0n) is 13.4. The molecule has 0 bridgehead atoms. The first-order valence-electron chi connectivity index (χ1n) is 7.81. The van der Waals surface area contributed by atoms with E-state index in [9.17, 15) is 4.79 Å². The second kappa shape index (κ2) is 7.59. The quantitative estimate of drug-likeness (QED) is 0.836. The van der Waals surface area contributed by atoms with Crippen molar-refractivity contribution in [3.05, 3.63) is 47.7 Å². The monoisotopic (exact) mass is 297 g/mol. The zero-order chi connectivity index (χ0) is 15.9. The van der Waals surface area contributed by atoms with Crippen molar-refractivity contribution in [3.63, 3.8) is 0 Å². The van der Waals surface area contributed by atoms with Crippen molar-refractivity contribution in [2.24, 2.45) is 0 Å². The molecule has 0 radical (unpaired) electrons. The number of para-hydroxylation sites is 1. The number of hydrogen-bond donors (Lipinski definition) is 2. The molecule has 0 unspecified atom stereocenters. The lowest BCUT2D eigenvalue weighted by molar-refractivity contribution is -0.115. The van der Waals surface area contributed by atoms with E-state index in [1.165, 1.54) is 11.1 Å². The minimum Gasteiger partial charge on any atom is -0.340 e. The number of pyridine rings is 1. The fourth-order valence-electron chi connectivity index (χ4n) is 2.32. The number of anilines is 3. The van der Waals surface area contributed by atoms with E-state index in [0.29, 0.717) is 6.42 Å². The highest BCUT2D eigenvalue weighted by Crippen LogP contribution is 2.26. The first-order valence-corrected chi connectivity index (χ1v) is 7.81. The van der Waals surface area contributed by atoms with Gasteiger partial charge in [-0.15, -0.1) is 0 Å². The van der Waals surface area contributed by atoms with Gasteiger partial charge in [0.15, 0.2) is 0 Å². The Bertz CT molecular complexity index is 613. The topological polar surface area (TPSA) is 54.0 Å². The van der Waals surface area contributed by atoms with Gasteiger partial charge in [0.1, 0.15) is 5.82 Å². The number of benzene rings is 1. The molecule has 1 amide bonds. The van der Waals surface area contributed by atoms with E-state index in [2.05, 4.69) is 47.7 Å². The van der Waals surface area contributed by atoms with Gasteiger partial charge in [0, 0.05) is 12.1 Å². The van der Waals surface area contributed by atoms with E-state index < -0.39 is 0 Å². The molecule has 4 nitrogen and oxygen atoms in total. The fraction of sp³-hybridized carbons (Fsp3) is 0.333. The third-order valence-corrected chi connectivity index (χ3v) is 3.62. The highest BCUT2D eigenvalue weighted by Gasteiger charge is 2.07. The summed E-state index contributed by atoms with van der Waals surface area (Å²) in [7, 11) is 0. The van der Waals surface area contributed by atoms with Gasteiger partial charge in [0.25, 0.3) is 0 Å². The van der Waals surface area contributed by atoms with Gasteiger partial charge in [0.05, 0.1) is 11.9 Å². The molecule has 1 heterocycles. The second-order valence-electron chi connectivity index (χ2n) is 5.12. The van der Waals surface area contributed by atoms with Crippen LogP contribution in [0.2, 0.25) is 0 Å². The smallest absolute Gasteiger partial charge is 0.224 e. The van der Waals surface area contributed by atoms with Crippen LogP contribution in [0.4, 0.5) is 17.2 Å². The van der Waals surface area contributed by atoms with Gasteiger partial charge in [-0.2, -0.15) is 0 Å². The fourth-order valence-corrected chi connectivity index (χ4v) is 2.32. The van der Waals surface area contributed by atoms with Crippen LogP contribution in [0.15, 0.2) is 36.5 Å². The summed E-state index contributed by atoms with van der Waals surface area (Å²) in [5.41, 5.74) is 4.43. The molecule has 2 rings (SSSR count). The third kappa shape index (κ3) is 3.85. The Morgan fingerprint density at radius 1 is 1.05 bits per heavy atom. The predicted molar refractivity (Wildman–Crippen MR) is 91.6 cm³/mol. The van der Waals surface area contributed by atoms with Crippen LogP contribution in [0.25, 0.3) is 0 Å². The molecule has 22 heavy (non-hydrogen) atoms. The number of hydrogen-bond acceptors (Lipinski definition) is 3. The highest BCUT2D eigenvalue weighted by molar-refractivity contribution is 5.90. The Morgan fingerprint density at radius 2 is 1.73 bits per heavy atom. The zero-order valence-corrected chi connectivity index (χ0v) is 13.4. The van der Waals surface area contributed by atoms with Crippen molar-refractivity contribution in [1.29, 1.82) is 0 Å². The third-order valence-electron chi connectivity index (χ3n) is 3.62. The maximum absolute atomic E-state index is 11.4. The molecule has 0 atom stereocenters. The van der Waals surface area contributed by atoms with Gasteiger partial charge in [0.2, 0.25) is 5.91 Å². The number of carbonyl (C=O) groups excluding carboxylic acids is 1.